The molecule has 1 rings (SSSR count). The van der Waals surface area contributed by atoms with Gasteiger partial charge < -0.3 is 14.7 Å². The number of nitrogens with zero attached hydrogens (tertiary/aromatic N) is 1. The summed E-state index contributed by atoms with van der Waals surface area (Å²) in [5.41, 5.74) is -0.444. The van der Waals surface area contributed by atoms with E-state index in [0.717, 1.165) is 6.42 Å². The summed E-state index contributed by atoms with van der Waals surface area (Å²) in [5.74, 6) is 0.192. The van der Waals surface area contributed by atoms with Crippen molar-refractivity contribution in [3.8, 4) is 0 Å². The molecular formula is C11H21NO3. The Morgan fingerprint density at radius 1 is 1.53 bits per heavy atom. The predicted octanol–water partition coefficient (Wildman–Crippen LogP) is 1.62. The SMILES string of the molecule is C[C@H](O)[C@H]1CCN(C(=O)OC(C)(C)C)C1. The average molecular weight is 215 g/mol. The van der Waals surface area contributed by atoms with Crippen LogP contribution in [0.5, 0.6) is 0 Å². The molecule has 88 valence electrons. The maximum Gasteiger partial charge on any atom is 0.410 e. The molecule has 1 fully saturated rings. The molecule has 1 aliphatic heterocycles. The molecule has 15 heavy (non-hydrogen) atoms. The zero-order chi connectivity index (χ0) is 11.6. The van der Waals surface area contributed by atoms with Crippen molar-refractivity contribution >= 4 is 6.09 Å². The molecule has 2 atom stereocenters. The molecule has 1 aliphatic rings. The molecule has 0 spiro atoms. The zero-order valence-corrected chi connectivity index (χ0v) is 9.99. The molecule has 0 aliphatic carbocycles. The van der Waals surface area contributed by atoms with Crippen LogP contribution in [0.2, 0.25) is 0 Å². The molecule has 0 bridgehead atoms. The topological polar surface area (TPSA) is 49.8 Å². The van der Waals surface area contributed by atoms with Gasteiger partial charge in [0, 0.05) is 19.0 Å². The van der Waals surface area contributed by atoms with E-state index in [-0.39, 0.29) is 18.1 Å². The van der Waals surface area contributed by atoms with E-state index in [1.54, 1.807) is 11.8 Å². The second-order valence-corrected chi connectivity index (χ2v) is 5.22. The van der Waals surface area contributed by atoms with E-state index in [1.165, 1.54) is 0 Å². The van der Waals surface area contributed by atoms with Crippen LogP contribution in [-0.4, -0.2) is 40.9 Å². The van der Waals surface area contributed by atoms with Crippen molar-refractivity contribution in [3.63, 3.8) is 0 Å². The molecule has 1 saturated heterocycles. The highest BCUT2D eigenvalue weighted by atomic mass is 16.6. The molecule has 1 heterocycles. The summed E-state index contributed by atoms with van der Waals surface area (Å²) in [7, 11) is 0. The third kappa shape index (κ3) is 3.70. The molecule has 0 aromatic carbocycles. The minimum absolute atomic E-state index is 0.192. The first-order valence-electron chi connectivity index (χ1n) is 5.45. The highest BCUT2D eigenvalue weighted by molar-refractivity contribution is 5.68. The lowest BCUT2D eigenvalue weighted by molar-refractivity contribution is 0.0273. The Morgan fingerprint density at radius 3 is 2.53 bits per heavy atom. The molecule has 0 aromatic rings. The van der Waals surface area contributed by atoms with Gasteiger partial charge in [-0.05, 0) is 34.1 Å². The number of hydrogen-bond donors (Lipinski definition) is 1. The number of amides is 1. The first-order valence-corrected chi connectivity index (χ1v) is 5.45. The Balaban J connectivity index is 2.44. The number of carbonyl (C=O) groups is 1. The number of hydrogen-bond acceptors (Lipinski definition) is 3. The van der Waals surface area contributed by atoms with Crippen molar-refractivity contribution in [2.45, 2.75) is 45.8 Å². The lowest BCUT2D eigenvalue weighted by atomic mass is 10.0. The van der Waals surface area contributed by atoms with E-state index >= 15 is 0 Å². The summed E-state index contributed by atoms with van der Waals surface area (Å²) in [4.78, 5) is 13.3. The van der Waals surface area contributed by atoms with Gasteiger partial charge in [-0.3, -0.25) is 0 Å². The molecule has 0 radical (unpaired) electrons. The van der Waals surface area contributed by atoms with Crippen LogP contribution in [0.25, 0.3) is 0 Å². The third-order valence-electron chi connectivity index (χ3n) is 2.56. The third-order valence-corrected chi connectivity index (χ3v) is 2.56. The van der Waals surface area contributed by atoms with Gasteiger partial charge >= 0.3 is 6.09 Å². The van der Waals surface area contributed by atoms with Gasteiger partial charge in [-0.25, -0.2) is 4.79 Å². The number of aliphatic hydroxyl groups excluding tert-OH is 1. The molecule has 1 N–H and O–H groups in total. The Hall–Kier alpha value is -0.770. The fraction of sp³-hybridized carbons (Fsp3) is 0.909. The van der Waals surface area contributed by atoms with E-state index in [1.807, 2.05) is 20.8 Å². The second kappa shape index (κ2) is 4.39. The van der Waals surface area contributed by atoms with Crippen molar-refractivity contribution in [3.05, 3.63) is 0 Å². The van der Waals surface area contributed by atoms with Gasteiger partial charge in [0.05, 0.1) is 6.10 Å². The zero-order valence-electron chi connectivity index (χ0n) is 9.99. The van der Waals surface area contributed by atoms with Gasteiger partial charge in [-0.15, -0.1) is 0 Å². The lowest BCUT2D eigenvalue weighted by Gasteiger charge is -2.24. The number of aliphatic hydroxyl groups is 1. The molecule has 0 unspecified atom stereocenters. The quantitative estimate of drug-likeness (QED) is 0.723. The summed E-state index contributed by atoms with van der Waals surface area (Å²) >= 11 is 0. The molecule has 1 amide bonds. The summed E-state index contributed by atoms with van der Waals surface area (Å²) in [6.45, 7) is 8.62. The minimum Gasteiger partial charge on any atom is -0.444 e. The summed E-state index contributed by atoms with van der Waals surface area (Å²) in [6.07, 6.45) is 0.236. The summed E-state index contributed by atoms with van der Waals surface area (Å²) in [6, 6.07) is 0. The van der Waals surface area contributed by atoms with Crippen molar-refractivity contribution in [2.75, 3.05) is 13.1 Å². The minimum atomic E-state index is -0.444. The van der Waals surface area contributed by atoms with Crippen molar-refractivity contribution in [2.24, 2.45) is 5.92 Å². The average Bonchev–Trinajstić information content (AvgIpc) is 2.47. The predicted molar refractivity (Wildman–Crippen MR) is 57.6 cm³/mol. The van der Waals surface area contributed by atoms with Crippen LogP contribution in [0.4, 0.5) is 4.79 Å². The largest absolute Gasteiger partial charge is 0.444 e. The molecular weight excluding hydrogens is 194 g/mol. The number of rotatable bonds is 1. The monoisotopic (exact) mass is 215 g/mol. The highest BCUT2D eigenvalue weighted by Crippen LogP contribution is 2.21. The van der Waals surface area contributed by atoms with Gasteiger partial charge in [0.15, 0.2) is 0 Å². The van der Waals surface area contributed by atoms with Crippen LogP contribution in [0, 0.1) is 5.92 Å². The van der Waals surface area contributed by atoms with E-state index in [0.29, 0.717) is 13.1 Å². The molecule has 4 nitrogen and oxygen atoms in total. The summed E-state index contributed by atoms with van der Waals surface area (Å²) in [5, 5.41) is 9.41. The number of carbonyl (C=O) groups excluding carboxylic acids is 1. The standard InChI is InChI=1S/C11H21NO3/c1-8(13)9-5-6-12(7-9)10(14)15-11(2,3)4/h8-9,13H,5-7H2,1-4H3/t8-,9-/m0/s1. The Kier molecular flexibility index (Phi) is 3.60. The van der Waals surface area contributed by atoms with Gasteiger partial charge in [0.2, 0.25) is 0 Å². The van der Waals surface area contributed by atoms with Crippen LogP contribution >= 0.6 is 0 Å². The fourth-order valence-electron chi connectivity index (χ4n) is 1.67. The first kappa shape index (κ1) is 12.3. The first-order chi connectivity index (χ1) is 6.79. The van der Waals surface area contributed by atoms with E-state index in [4.69, 9.17) is 4.74 Å². The fourth-order valence-corrected chi connectivity index (χ4v) is 1.67. The van der Waals surface area contributed by atoms with Crippen LogP contribution in [0.3, 0.4) is 0 Å². The van der Waals surface area contributed by atoms with Crippen LogP contribution in [-0.2, 0) is 4.74 Å². The Labute approximate surface area is 91.2 Å². The maximum atomic E-state index is 11.7. The van der Waals surface area contributed by atoms with Crippen molar-refractivity contribution in [1.29, 1.82) is 0 Å². The number of likely N-dealkylation sites (tertiary alicyclic amines) is 1. The lowest BCUT2D eigenvalue weighted by Crippen LogP contribution is -2.36. The maximum absolute atomic E-state index is 11.7. The second-order valence-electron chi connectivity index (χ2n) is 5.22. The van der Waals surface area contributed by atoms with E-state index in [9.17, 15) is 9.90 Å². The normalized spacial score (nSPS) is 24.1. The van der Waals surface area contributed by atoms with E-state index in [2.05, 4.69) is 0 Å². The molecule has 4 heteroatoms. The van der Waals surface area contributed by atoms with Crippen molar-refractivity contribution < 1.29 is 14.6 Å². The smallest absolute Gasteiger partial charge is 0.410 e. The number of ether oxygens (including phenoxy) is 1. The van der Waals surface area contributed by atoms with Crippen molar-refractivity contribution in [1.82, 2.24) is 4.90 Å². The van der Waals surface area contributed by atoms with Crippen LogP contribution < -0.4 is 0 Å². The van der Waals surface area contributed by atoms with Gasteiger partial charge in [0.25, 0.3) is 0 Å². The van der Waals surface area contributed by atoms with Crippen LogP contribution in [0.1, 0.15) is 34.1 Å². The highest BCUT2D eigenvalue weighted by Gasteiger charge is 2.31. The molecule has 0 aromatic heterocycles. The van der Waals surface area contributed by atoms with Gasteiger partial charge in [-0.2, -0.15) is 0 Å². The van der Waals surface area contributed by atoms with Gasteiger partial charge in [-0.1, -0.05) is 0 Å². The van der Waals surface area contributed by atoms with Crippen LogP contribution in [0.15, 0.2) is 0 Å². The van der Waals surface area contributed by atoms with Gasteiger partial charge in [0.1, 0.15) is 5.60 Å². The Morgan fingerprint density at radius 2 is 2.13 bits per heavy atom. The Bertz CT molecular complexity index is 232. The molecule has 0 saturated carbocycles. The van der Waals surface area contributed by atoms with E-state index < -0.39 is 5.60 Å². The summed E-state index contributed by atoms with van der Waals surface area (Å²) < 4.78 is 5.26.